The number of fused-ring (bicyclic) bond motifs is 1. The van der Waals surface area contributed by atoms with Gasteiger partial charge in [0.1, 0.15) is 17.4 Å². The molecule has 1 aromatic carbocycles. The summed E-state index contributed by atoms with van der Waals surface area (Å²) < 4.78 is 11.8. The van der Waals surface area contributed by atoms with Crippen LogP contribution in [-0.2, 0) is 14.3 Å². The van der Waals surface area contributed by atoms with Gasteiger partial charge in [-0.05, 0) is 43.4 Å². The van der Waals surface area contributed by atoms with Crippen LogP contribution in [0, 0.1) is 5.92 Å². The van der Waals surface area contributed by atoms with Gasteiger partial charge in [-0.3, -0.25) is 14.5 Å². The van der Waals surface area contributed by atoms with Gasteiger partial charge >= 0.3 is 0 Å². The first-order valence-electron chi connectivity index (χ1n) is 10.5. The average molecular weight is 426 g/mol. The van der Waals surface area contributed by atoms with E-state index in [0.29, 0.717) is 17.3 Å². The second-order valence-electron chi connectivity index (χ2n) is 7.87. The lowest BCUT2D eigenvalue weighted by Gasteiger charge is -2.35. The van der Waals surface area contributed by atoms with Crippen molar-refractivity contribution in [3.63, 3.8) is 0 Å². The van der Waals surface area contributed by atoms with Crippen LogP contribution in [0.4, 0.5) is 5.13 Å². The molecular formula is C22H23N3O4S. The van der Waals surface area contributed by atoms with Crippen molar-refractivity contribution in [1.82, 2.24) is 10.2 Å². The molecular weight excluding hydrogens is 402 g/mol. The van der Waals surface area contributed by atoms with E-state index in [0.717, 1.165) is 43.4 Å². The molecule has 1 aliphatic carbocycles. The van der Waals surface area contributed by atoms with Crippen LogP contribution in [0.5, 0.6) is 5.75 Å². The zero-order valence-electron chi connectivity index (χ0n) is 16.7. The Morgan fingerprint density at radius 1 is 1.20 bits per heavy atom. The molecule has 3 unspecified atom stereocenters. The molecule has 3 heterocycles. The Hall–Kier alpha value is -2.74. The SMILES string of the molecule is CCCOc1ccc(C2C3=C(OC4CCCCC4C3=O)C(=O)N2c2nncs2)cc1. The zero-order chi connectivity index (χ0) is 20.7. The first kappa shape index (κ1) is 19.2. The maximum absolute atomic E-state index is 13.5. The number of rotatable bonds is 5. The van der Waals surface area contributed by atoms with Gasteiger partial charge < -0.3 is 9.47 Å². The topological polar surface area (TPSA) is 81.6 Å². The number of nitrogens with zero attached hydrogens (tertiary/aromatic N) is 3. The van der Waals surface area contributed by atoms with Crippen LogP contribution in [0.15, 0.2) is 41.1 Å². The molecule has 5 rings (SSSR count). The fourth-order valence-corrected chi connectivity index (χ4v) is 5.18. The first-order chi connectivity index (χ1) is 14.7. The van der Waals surface area contributed by atoms with Gasteiger partial charge in [-0.1, -0.05) is 36.8 Å². The van der Waals surface area contributed by atoms with E-state index in [-0.39, 0.29) is 29.5 Å². The normalized spacial score (nSPS) is 25.8. The summed E-state index contributed by atoms with van der Waals surface area (Å²) in [5.41, 5.74) is 2.88. The summed E-state index contributed by atoms with van der Waals surface area (Å²) in [6.45, 7) is 2.70. The molecule has 156 valence electrons. The zero-order valence-corrected chi connectivity index (χ0v) is 17.6. The molecule has 1 saturated carbocycles. The number of hydrogen-bond acceptors (Lipinski definition) is 7. The standard InChI is InChI=1S/C22H23N3O4S/c1-2-11-28-14-9-7-13(8-10-14)18-17-19(26)15-5-3-4-6-16(15)29-20(17)21(27)25(18)22-24-23-12-30-22/h7-10,12,15-16,18H,2-6,11H2,1H3. The number of ether oxygens (including phenoxy) is 2. The number of ketones is 1. The molecule has 0 spiro atoms. The van der Waals surface area contributed by atoms with Crippen molar-refractivity contribution in [2.75, 3.05) is 11.5 Å². The highest BCUT2D eigenvalue weighted by Gasteiger charge is 2.53. The average Bonchev–Trinajstić information content (AvgIpc) is 3.40. The predicted molar refractivity (Wildman–Crippen MR) is 111 cm³/mol. The van der Waals surface area contributed by atoms with Gasteiger partial charge in [0.15, 0.2) is 11.5 Å². The van der Waals surface area contributed by atoms with Gasteiger partial charge in [0.05, 0.1) is 24.1 Å². The summed E-state index contributed by atoms with van der Waals surface area (Å²) in [6, 6.07) is 7.02. The number of benzene rings is 1. The molecule has 1 fully saturated rings. The lowest BCUT2D eigenvalue weighted by atomic mass is 9.77. The number of aromatic nitrogens is 2. The second kappa shape index (κ2) is 7.83. The summed E-state index contributed by atoms with van der Waals surface area (Å²) >= 11 is 1.27. The van der Waals surface area contributed by atoms with E-state index in [1.165, 1.54) is 11.3 Å². The molecule has 0 saturated heterocycles. The highest BCUT2D eigenvalue weighted by Crippen LogP contribution is 2.48. The lowest BCUT2D eigenvalue weighted by Crippen LogP contribution is -2.39. The molecule has 1 amide bonds. The van der Waals surface area contributed by atoms with Gasteiger partial charge in [0.2, 0.25) is 5.13 Å². The number of hydrogen-bond donors (Lipinski definition) is 0. The minimum absolute atomic E-state index is 0.0395. The summed E-state index contributed by atoms with van der Waals surface area (Å²) in [6.07, 6.45) is 4.38. The van der Waals surface area contributed by atoms with Crippen molar-refractivity contribution in [3.8, 4) is 5.75 Å². The van der Waals surface area contributed by atoms with E-state index in [1.54, 1.807) is 10.4 Å². The molecule has 8 heteroatoms. The highest BCUT2D eigenvalue weighted by atomic mass is 32.1. The Morgan fingerprint density at radius 2 is 2.00 bits per heavy atom. The number of carbonyl (C=O) groups excluding carboxylic acids is 2. The smallest absolute Gasteiger partial charge is 0.296 e. The maximum Gasteiger partial charge on any atom is 0.296 e. The third kappa shape index (κ3) is 3.10. The van der Waals surface area contributed by atoms with E-state index in [1.807, 2.05) is 24.3 Å². The van der Waals surface area contributed by atoms with E-state index in [2.05, 4.69) is 17.1 Å². The van der Waals surface area contributed by atoms with Crippen LogP contribution in [0.2, 0.25) is 0 Å². The van der Waals surface area contributed by atoms with Crippen LogP contribution >= 0.6 is 11.3 Å². The summed E-state index contributed by atoms with van der Waals surface area (Å²) in [7, 11) is 0. The third-order valence-electron chi connectivity index (χ3n) is 5.99. The lowest BCUT2D eigenvalue weighted by molar-refractivity contribution is -0.131. The molecule has 30 heavy (non-hydrogen) atoms. The molecule has 7 nitrogen and oxygen atoms in total. The van der Waals surface area contributed by atoms with Crippen LogP contribution < -0.4 is 9.64 Å². The first-order valence-corrected chi connectivity index (χ1v) is 11.3. The molecule has 2 aliphatic heterocycles. The van der Waals surface area contributed by atoms with Gasteiger partial charge in [-0.2, -0.15) is 0 Å². The van der Waals surface area contributed by atoms with Crippen molar-refractivity contribution in [1.29, 1.82) is 0 Å². The molecule has 1 aromatic heterocycles. The fourth-order valence-electron chi connectivity index (χ4n) is 4.60. The predicted octanol–water partition coefficient (Wildman–Crippen LogP) is 3.83. The Labute approximate surface area is 178 Å². The molecule has 0 N–H and O–H groups in total. The van der Waals surface area contributed by atoms with Gasteiger partial charge in [0, 0.05) is 0 Å². The van der Waals surface area contributed by atoms with Crippen molar-refractivity contribution in [2.24, 2.45) is 5.92 Å². The van der Waals surface area contributed by atoms with Crippen molar-refractivity contribution >= 4 is 28.2 Å². The highest BCUT2D eigenvalue weighted by molar-refractivity contribution is 7.13. The van der Waals surface area contributed by atoms with Crippen LogP contribution in [0.1, 0.15) is 50.6 Å². The summed E-state index contributed by atoms with van der Waals surface area (Å²) in [5.74, 6) is 0.511. The molecule has 3 aliphatic rings. The quantitative estimate of drug-likeness (QED) is 0.724. The summed E-state index contributed by atoms with van der Waals surface area (Å²) in [5, 5.41) is 8.47. The molecule has 0 radical (unpaired) electrons. The fraction of sp³-hybridized carbons (Fsp3) is 0.455. The molecule has 2 aromatic rings. The van der Waals surface area contributed by atoms with E-state index >= 15 is 0 Å². The third-order valence-corrected chi connectivity index (χ3v) is 6.68. The van der Waals surface area contributed by atoms with Crippen LogP contribution in [0.25, 0.3) is 0 Å². The second-order valence-corrected chi connectivity index (χ2v) is 8.68. The largest absolute Gasteiger partial charge is 0.494 e. The number of anilines is 1. The van der Waals surface area contributed by atoms with E-state index < -0.39 is 6.04 Å². The number of amides is 1. The van der Waals surface area contributed by atoms with Gasteiger partial charge in [-0.15, -0.1) is 10.2 Å². The Bertz CT molecular complexity index is 986. The maximum atomic E-state index is 13.5. The number of carbonyl (C=O) groups is 2. The Balaban J connectivity index is 1.57. The van der Waals surface area contributed by atoms with E-state index in [9.17, 15) is 9.59 Å². The monoisotopic (exact) mass is 425 g/mol. The summed E-state index contributed by atoms with van der Waals surface area (Å²) in [4.78, 5) is 28.4. The molecule has 0 bridgehead atoms. The minimum Gasteiger partial charge on any atom is -0.494 e. The van der Waals surface area contributed by atoms with E-state index in [4.69, 9.17) is 9.47 Å². The van der Waals surface area contributed by atoms with Crippen LogP contribution in [0.3, 0.4) is 0 Å². The molecule has 3 atom stereocenters. The Morgan fingerprint density at radius 3 is 2.73 bits per heavy atom. The van der Waals surface area contributed by atoms with Crippen LogP contribution in [-0.4, -0.2) is 34.6 Å². The van der Waals surface area contributed by atoms with Crippen molar-refractivity contribution < 1.29 is 19.1 Å². The Kier molecular flexibility index (Phi) is 5.02. The number of Topliss-reactive ketones (excluding diaryl/α,β-unsaturated/α-hetero) is 1. The van der Waals surface area contributed by atoms with Gasteiger partial charge in [-0.25, -0.2) is 0 Å². The van der Waals surface area contributed by atoms with Gasteiger partial charge in [0.25, 0.3) is 5.91 Å². The van der Waals surface area contributed by atoms with Crippen molar-refractivity contribution in [3.05, 3.63) is 46.7 Å². The minimum atomic E-state index is -0.559. The van der Waals surface area contributed by atoms with Crippen molar-refractivity contribution in [2.45, 2.75) is 51.2 Å².